The minimum Gasteiger partial charge on any atom is -0.304 e. The van der Waals surface area contributed by atoms with Crippen LogP contribution in [0, 0.1) is 5.82 Å². The molecule has 0 aliphatic carbocycles. The summed E-state index contributed by atoms with van der Waals surface area (Å²) < 4.78 is 25.0. The molecule has 1 aliphatic heterocycles. The van der Waals surface area contributed by atoms with Crippen LogP contribution in [0.4, 0.5) is 4.39 Å². The molecule has 0 saturated carbocycles. The van der Waals surface area contributed by atoms with E-state index >= 15 is 0 Å². The van der Waals surface area contributed by atoms with E-state index in [0.29, 0.717) is 10.6 Å². The number of halogens is 1. The maximum absolute atomic E-state index is 13.0. The molecule has 0 amide bonds. The van der Waals surface area contributed by atoms with E-state index in [4.69, 9.17) is 0 Å². The molecule has 5 heteroatoms. The van der Waals surface area contributed by atoms with Crippen LogP contribution >= 0.6 is 0 Å². The van der Waals surface area contributed by atoms with Crippen molar-refractivity contribution in [3.8, 4) is 0 Å². The maximum Gasteiger partial charge on any atom is 0.124 e. The molecule has 0 N–H and O–H groups in total. The van der Waals surface area contributed by atoms with E-state index in [1.54, 1.807) is 12.1 Å². The zero-order chi connectivity index (χ0) is 13.0. The summed E-state index contributed by atoms with van der Waals surface area (Å²) in [4.78, 5) is 5.20. The second-order valence-corrected chi connectivity index (χ2v) is 6.22. The van der Waals surface area contributed by atoms with E-state index in [1.165, 1.54) is 12.1 Å². The quantitative estimate of drug-likeness (QED) is 0.821. The summed E-state index contributed by atoms with van der Waals surface area (Å²) in [5.41, 5.74) is 0. The van der Waals surface area contributed by atoms with E-state index in [1.807, 2.05) is 0 Å². The summed E-state index contributed by atoms with van der Waals surface area (Å²) in [6.07, 6.45) is 0. The molecule has 1 fully saturated rings. The lowest BCUT2D eigenvalue weighted by Gasteiger charge is -2.32. The highest BCUT2D eigenvalue weighted by atomic mass is 32.2. The van der Waals surface area contributed by atoms with E-state index < -0.39 is 10.8 Å². The molecular formula is C13H19FN2OS. The Balaban J connectivity index is 1.81. The van der Waals surface area contributed by atoms with Gasteiger partial charge in [0.25, 0.3) is 0 Å². The van der Waals surface area contributed by atoms with E-state index in [2.05, 4.69) is 16.8 Å². The molecule has 0 aromatic heterocycles. The number of hydrogen-bond donors (Lipinski definition) is 0. The predicted octanol–water partition coefficient (Wildman–Crippen LogP) is 1.18. The highest BCUT2D eigenvalue weighted by Crippen LogP contribution is 2.09. The first-order valence-corrected chi connectivity index (χ1v) is 7.52. The normalized spacial score (nSPS) is 19.9. The topological polar surface area (TPSA) is 23.6 Å². The number of piperazine rings is 1. The van der Waals surface area contributed by atoms with Crippen LogP contribution < -0.4 is 0 Å². The smallest absolute Gasteiger partial charge is 0.124 e. The largest absolute Gasteiger partial charge is 0.304 e. The van der Waals surface area contributed by atoms with E-state index in [0.717, 1.165) is 32.7 Å². The van der Waals surface area contributed by atoms with Gasteiger partial charge < -0.3 is 4.90 Å². The fourth-order valence-corrected chi connectivity index (χ4v) is 3.14. The Bertz CT molecular complexity index is 419. The van der Waals surface area contributed by atoms with Gasteiger partial charge >= 0.3 is 0 Å². The Hall–Kier alpha value is -0.780. The SMILES string of the molecule is CN1CCN(CCS(=O)c2cccc(F)c2)CC1. The van der Waals surface area contributed by atoms with Gasteiger partial charge in [0.1, 0.15) is 5.82 Å². The Morgan fingerprint density at radius 2 is 2.00 bits per heavy atom. The predicted molar refractivity (Wildman–Crippen MR) is 71.6 cm³/mol. The fourth-order valence-electron chi connectivity index (χ4n) is 2.01. The first-order chi connectivity index (χ1) is 8.65. The van der Waals surface area contributed by atoms with Crippen molar-refractivity contribution < 1.29 is 8.60 Å². The summed E-state index contributed by atoms with van der Waals surface area (Å²) in [5.74, 6) is 0.258. The standard InChI is InChI=1S/C13H19FN2OS/c1-15-5-7-16(8-6-15)9-10-18(17)13-4-2-3-12(14)11-13/h2-4,11H,5-10H2,1H3. The van der Waals surface area contributed by atoms with Gasteiger partial charge in [-0.1, -0.05) is 6.07 Å². The van der Waals surface area contributed by atoms with Gasteiger partial charge in [0, 0.05) is 43.4 Å². The first kappa shape index (κ1) is 13.6. The van der Waals surface area contributed by atoms with Crippen LogP contribution in [-0.4, -0.2) is 59.5 Å². The molecule has 2 rings (SSSR count). The zero-order valence-corrected chi connectivity index (χ0v) is 11.5. The molecule has 1 heterocycles. The van der Waals surface area contributed by atoms with Crippen LogP contribution in [0.1, 0.15) is 0 Å². The molecular weight excluding hydrogens is 251 g/mol. The van der Waals surface area contributed by atoms with Crippen molar-refractivity contribution in [3.05, 3.63) is 30.1 Å². The molecule has 0 radical (unpaired) electrons. The summed E-state index contributed by atoms with van der Waals surface area (Å²) in [7, 11) is 1.01. The third-order valence-electron chi connectivity index (χ3n) is 3.25. The van der Waals surface area contributed by atoms with Gasteiger partial charge in [-0.15, -0.1) is 0 Å². The van der Waals surface area contributed by atoms with Gasteiger partial charge in [0.2, 0.25) is 0 Å². The van der Waals surface area contributed by atoms with Gasteiger partial charge in [-0.2, -0.15) is 0 Å². The third-order valence-corrected chi connectivity index (χ3v) is 4.58. The Morgan fingerprint density at radius 3 is 2.67 bits per heavy atom. The minimum atomic E-state index is -1.10. The average molecular weight is 270 g/mol. The molecule has 1 aliphatic rings. The molecule has 1 atom stereocenters. The van der Waals surface area contributed by atoms with Crippen LogP contribution in [0.5, 0.6) is 0 Å². The van der Waals surface area contributed by atoms with Crippen molar-refractivity contribution in [2.24, 2.45) is 0 Å². The molecule has 18 heavy (non-hydrogen) atoms. The van der Waals surface area contributed by atoms with E-state index in [9.17, 15) is 8.60 Å². The molecule has 1 aromatic rings. The molecule has 100 valence electrons. The van der Waals surface area contributed by atoms with Gasteiger partial charge in [0.05, 0.1) is 10.8 Å². The molecule has 1 saturated heterocycles. The number of nitrogens with zero attached hydrogens (tertiary/aromatic N) is 2. The van der Waals surface area contributed by atoms with Crippen molar-refractivity contribution in [2.45, 2.75) is 4.90 Å². The van der Waals surface area contributed by atoms with Crippen molar-refractivity contribution in [1.29, 1.82) is 0 Å². The van der Waals surface area contributed by atoms with Gasteiger partial charge in [-0.05, 0) is 25.2 Å². The maximum atomic E-state index is 13.0. The summed E-state index contributed by atoms with van der Waals surface area (Å²) >= 11 is 0. The molecule has 3 nitrogen and oxygen atoms in total. The van der Waals surface area contributed by atoms with E-state index in [-0.39, 0.29) is 5.82 Å². The summed E-state index contributed by atoms with van der Waals surface area (Å²) in [5, 5.41) is 0. The van der Waals surface area contributed by atoms with Gasteiger partial charge in [0.15, 0.2) is 0 Å². The van der Waals surface area contributed by atoms with Crippen LogP contribution in [0.2, 0.25) is 0 Å². The third kappa shape index (κ3) is 3.86. The average Bonchev–Trinajstić information content (AvgIpc) is 2.38. The zero-order valence-electron chi connectivity index (χ0n) is 10.6. The summed E-state index contributed by atoms with van der Waals surface area (Å²) in [6.45, 7) is 4.99. The second-order valence-electron chi connectivity index (χ2n) is 4.65. The second kappa shape index (κ2) is 6.41. The Morgan fingerprint density at radius 1 is 1.28 bits per heavy atom. The number of rotatable bonds is 4. The Kier molecular flexibility index (Phi) is 4.86. The first-order valence-electron chi connectivity index (χ1n) is 6.20. The monoisotopic (exact) mass is 270 g/mol. The lowest BCUT2D eigenvalue weighted by atomic mass is 10.3. The fraction of sp³-hybridized carbons (Fsp3) is 0.538. The van der Waals surface area contributed by atoms with Crippen LogP contribution in [0.3, 0.4) is 0 Å². The number of hydrogen-bond acceptors (Lipinski definition) is 3. The van der Waals surface area contributed by atoms with Crippen LogP contribution in [0.15, 0.2) is 29.2 Å². The lowest BCUT2D eigenvalue weighted by Crippen LogP contribution is -2.45. The van der Waals surface area contributed by atoms with Crippen LogP contribution in [0.25, 0.3) is 0 Å². The Labute approximate surface area is 110 Å². The van der Waals surface area contributed by atoms with Crippen molar-refractivity contribution >= 4 is 10.8 Å². The highest BCUT2D eigenvalue weighted by molar-refractivity contribution is 7.85. The summed E-state index contributed by atoms with van der Waals surface area (Å²) in [6, 6.07) is 6.07. The highest BCUT2D eigenvalue weighted by Gasteiger charge is 2.14. The number of benzene rings is 1. The molecule has 1 unspecified atom stereocenters. The van der Waals surface area contributed by atoms with Crippen molar-refractivity contribution in [2.75, 3.05) is 45.5 Å². The molecule has 0 bridgehead atoms. The van der Waals surface area contributed by atoms with Gasteiger partial charge in [-0.3, -0.25) is 9.11 Å². The molecule has 0 spiro atoms. The van der Waals surface area contributed by atoms with Crippen molar-refractivity contribution in [1.82, 2.24) is 9.80 Å². The van der Waals surface area contributed by atoms with Crippen LogP contribution in [-0.2, 0) is 10.8 Å². The number of likely N-dealkylation sites (N-methyl/N-ethyl adjacent to an activating group) is 1. The van der Waals surface area contributed by atoms with Gasteiger partial charge in [-0.25, -0.2) is 4.39 Å². The molecule has 1 aromatic carbocycles. The lowest BCUT2D eigenvalue weighted by molar-refractivity contribution is 0.161. The van der Waals surface area contributed by atoms with Crippen molar-refractivity contribution in [3.63, 3.8) is 0 Å². The minimum absolute atomic E-state index is 0.319.